The van der Waals surface area contributed by atoms with Crippen molar-refractivity contribution >= 4 is 23.4 Å². The predicted molar refractivity (Wildman–Crippen MR) is 144 cm³/mol. The number of amides is 3. The largest absolute Gasteiger partial charge is 0.381 e. The molecule has 0 radical (unpaired) electrons. The Morgan fingerprint density at radius 1 is 0.947 bits per heavy atom. The number of nitrogens with one attached hydrogen (secondary N) is 3. The molecule has 38 heavy (non-hydrogen) atoms. The second-order valence-corrected chi connectivity index (χ2v) is 12.3. The summed E-state index contributed by atoms with van der Waals surface area (Å²) in [6.45, 7) is 2.09. The quantitative estimate of drug-likeness (QED) is 0.469. The first kappa shape index (κ1) is 23.9. The maximum absolute atomic E-state index is 13.1. The molecular weight excluding hydrogens is 476 g/mol. The highest BCUT2D eigenvalue weighted by molar-refractivity contribution is 6.06. The summed E-state index contributed by atoms with van der Waals surface area (Å²) in [6.07, 6.45) is 8.89. The van der Waals surface area contributed by atoms with Crippen LogP contribution in [0.1, 0.15) is 72.0 Å². The molecule has 7 heteroatoms. The summed E-state index contributed by atoms with van der Waals surface area (Å²) in [5, 5.41) is 9.88. The fourth-order valence-electron chi connectivity index (χ4n) is 8.31. The molecule has 2 heterocycles. The zero-order valence-electron chi connectivity index (χ0n) is 21.8. The third-order valence-electron chi connectivity index (χ3n) is 9.97. The fourth-order valence-corrected chi connectivity index (χ4v) is 8.31. The molecule has 4 bridgehead atoms. The summed E-state index contributed by atoms with van der Waals surface area (Å²) in [7, 11) is 0. The maximum Gasteiger partial charge on any atom is 0.255 e. The van der Waals surface area contributed by atoms with Gasteiger partial charge < -0.3 is 15.5 Å². The van der Waals surface area contributed by atoms with Gasteiger partial charge in [0.2, 0.25) is 11.8 Å². The maximum atomic E-state index is 13.1. The lowest BCUT2D eigenvalue weighted by atomic mass is 9.80. The molecule has 4 aliphatic carbocycles. The number of nitrogens with zero attached hydrogens (tertiary/aromatic N) is 1. The van der Waals surface area contributed by atoms with Gasteiger partial charge in [-0.25, -0.2) is 0 Å². The summed E-state index contributed by atoms with van der Waals surface area (Å²) in [6, 6.07) is 13.9. The highest BCUT2D eigenvalue weighted by Crippen LogP contribution is 2.60. The van der Waals surface area contributed by atoms with Crippen LogP contribution in [0.3, 0.4) is 0 Å². The van der Waals surface area contributed by atoms with Crippen molar-refractivity contribution in [1.29, 1.82) is 0 Å². The molecule has 0 spiro atoms. The van der Waals surface area contributed by atoms with Crippen molar-refractivity contribution in [2.75, 3.05) is 11.9 Å². The minimum absolute atomic E-state index is 0.144. The van der Waals surface area contributed by atoms with Gasteiger partial charge in [-0.2, -0.15) is 0 Å². The number of carbonyl (C=O) groups is 3. The van der Waals surface area contributed by atoms with E-state index >= 15 is 0 Å². The van der Waals surface area contributed by atoms with Gasteiger partial charge in [0.1, 0.15) is 6.04 Å². The number of benzene rings is 2. The number of rotatable bonds is 8. The van der Waals surface area contributed by atoms with Crippen LogP contribution >= 0.6 is 0 Å². The summed E-state index contributed by atoms with van der Waals surface area (Å²) >= 11 is 0. The van der Waals surface area contributed by atoms with E-state index in [9.17, 15) is 14.4 Å². The summed E-state index contributed by atoms with van der Waals surface area (Å²) in [4.78, 5) is 38.6. The standard InChI is InChI=1S/C31H36N4O3/c36-28-9-8-27(29(37)34-28)35-18-25-24(30(35)38)2-1-3-26(25)32-17-20-6-4-19(5-7-20)10-11-33-31-15-21-12-22(16-31)14-23(31)13-21/h1-7,21-23,27,32-33H,8-18H2,(H,34,36,37). The molecule has 198 valence electrons. The normalized spacial score (nSPS) is 31.2. The predicted octanol–water partition coefficient (Wildman–Crippen LogP) is 3.77. The van der Waals surface area contributed by atoms with Crippen LogP contribution < -0.4 is 16.0 Å². The highest BCUT2D eigenvalue weighted by Gasteiger charge is 2.57. The number of hydrogen-bond acceptors (Lipinski definition) is 5. The van der Waals surface area contributed by atoms with Crippen molar-refractivity contribution in [3.63, 3.8) is 0 Å². The smallest absolute Gasteiger partial charge is 0.255 e. The van der Waals surface area contributed by atoms with Crippen LogP contribution in [0, 0.1) is 17.8 Å². The highest BCUT2D eigenvalue weighted by atomic mass is 16.2. The van der Waals surface area contributed by atoms with E-state index in [-0.39, 0.29) is 24.1 Å². The van der Waals surface area contributed by atoms with E-state index in [1.807, 2.05) is 18.2 Å². The Kier molecular flexibility index (Phi) is 5.80. The summed E-state index contributed by atoms with van der Waals surface area (Å²) in [5.74, 6) is 2.09. The molecule has 3 unspecified atom stereocenters. The van der Waals surface area contributed by atoms with E-state index in [4.69, 9.17) is 0 Å². The second kappa shape index (κ2) is 9.23. The molecule has 4 saturated carbocycles. The molecule has 3 atom stereocenters. The number of fused-ring (bicyclic) bond motifs is 1. The SMILES string of the molecule is O=C1CCC(N2Cc3c(NCc4ccc(CCNC56CC7CC(CC5C7)C6)cc4)cccc3C2=O)C(=O)N1. The van der Waals surface area contributed by atoms with Crippen LogP contribution in [0.2, 0.25) is 0 Å². The molecule has 2 aliphatic heterocycles. The van der Waals surface area contributed by atoms with Gasteiger partial charge in [-0.15, -0.1) is 0 Å². The fraction of sp³-hybridized carbons (Fsp3) is 0.516. The van der Waals surface area contributed by atoms with Crippen LogP contribution in [-0.4, -0.2) is 40.7 Å². The Balaban J connectivity index is 0.947. The lowest BCUT2D eigenvalue weighted by molar-refractivity contribution is -0.136. The first-order valence-electron chi connectivity index (χ1n) is 14.3. The van der Waals surface area contributed by atoms with Gasteiger partial charge >= 0.3 is 0 Å². The van der Waals surface area contributed by atoms with E-state index in [1.54, 1.807) is 4.90 Å². The minimum atomic E-state index is -0.596. The number of hydrogen-bond donors (Lipinski definition) is 3. The number of carbonyl (C=O) groups excluding carboxylic acids is 3. The molecule has 7 nitrogen and oxygen atoms in total. The third kappa shape index (κ3) is 4.12. The minimum Gasteiger partial charge on any atom is -0.381 e. The zero-order valence-corrected chi connectivity index (χ0v) is 21.8. The average Bonchev–Trinajstić information content (AvgIpc) is 3.45. The van der Waals surface area contributed by atoms with Gasteiger partial charge in [0.05, 0.1) is 0 Å². The van der Waals surface area contributed by atoms with E-state index in [0.29, 0.717) is 30.6 Å². The molecular formula is C31H36N4O3. The first-order chi connectivity index (χ1) is 18.5. The van der Waals surface area contributed by atoms with Crippen LogP contribution in [-0.2, 0) is 29.1 Å². The first-order valence-corrected chi connectivity index (χ1v) is 14.3. The van der Waals surface area contributed by atoms with Crippen LogP contribution in [0.15, 0.2) is 42.5 Å². The van der Waals surface area contributed by atoms with Gasteiger partial charge in [0, 0.05) is 41.9 Å². The third-order valence-corrected chi connectivity index (χ3v) is 9.97. The molecule has 3 N–H and O–H groups in total. The molecule has 6 aliphatic rings. The average molecular weight is 513 g/mol. The molecule has 8 rings (SSSR count). The number of anilines is 1. The van der Waals surface area contributed by atoms with Gasteiger partial charge in [-0.3, -0.25) is 19.7 Å². The van der Waals surface area contributed by atoms with Crippen molar-refractivity contribution in [3.8, 4) is 0 Å². The van der Waals surface area contributed by atoms with Crippen LogP contribution in [0.25, 0.3) is 0 Å². The van der Waals surface area contributed by atoms with Crippen molar-refractivity contribution in [1.82, 2.24) is 15.5 Å². The van der Waals surface area contributed by atoms with Gasteiger partial charge in [-0.05, 0) is 92.5 Å². The van der Waals surface area contributed by atoms with E-state index in [2.05, 4.69) is 40.2 Å². The van der Waals surface area contributed by atoms with E-state index in [1.165, 1.54) is 43.2 Å². The zero-order chi connectivity index (χ0) is 25.9. The van der Waals surface area contributed by atoms with E-state index < -0.39 is 6.04 Å². The lowest BCUT2D eigenvalue weighted by Gasteiger charge is -2.34. The van der Waals surface area contributed by atoms with Gasteiger partial charge in [-0.1, -0.05) is 30.3 Å². The molecule has 2 aromatic carbocycles. The molecule has 5 fully saturated rings. The molecule has 3 amide bonds. The molecule has 2 aromatic rings. The van der Waals surface area contributed by atoms with Crippen molar-refractivity contribution < 1.29 is 14.4 Å². The van der Waals surface area contributed by atoms with Gasteiger partial charge in [0.25, 0.3) is 5.91 Å². The van der Waals surface area contributed by atoms with Crippen molar-refractivity contribution in [2.24, 2.45) is 17.8 Å². The van der Waals surface area contributed by atoms with Crippen LogP contribution in [0.4, 0.5) is 5.69 Å². The Labute approximate surface area is 223 Å². The van der Waals surface area contributed by atoms with Crippen molar-refractivity contribution in [3.05, 3.63) is 64.7 Å². The number of imide groups is 1. The summed E-state index contributed by atoms with van der Waals surface area (Å²) < 4.78 is 0. The van der Waals surface area contributed by atoms with Gasteiger partial charge in [0.15, 0.2) is 0 Å². The lowest BCUT2D eigenvalue weighted by Crippen LogP contribution is -2.52. The Morgan fingerprint density at radius 2 is 1.71 bits per heavy atom. The van der Waals surface area contributed by atoms with E-state index in [0.717, 1.165) is 42.0 Å². The Morgan fingerprint density at radius 3 is 2.47 bits per heavy atom. The Hall–Kier alpha value is -3.19. The van der Waals surface area contributed by atoms with Crippen molar-refractivity contribution in [2.45, 2.75) is 76.0 Å². The monoisotopic (exact) mass is 512 g/mol. The topological polar surface area (TPSA) is 90.5 Å². The van der Waals surface area contributed by atoms with Crippen LogP contribution in [0.5, 0.6) is 0 Å². The Bertz CT molecular complexity index is 1270. The molecule has 1 saturated heterocycles. The second-order valence-electron chi connectivity index (χ2n) is 12.3. The summed E-state index contributed by atoms with van der Waals surface area (Å²) in [5.41, 5.74) is 5.46. The molecule has 0 aromatic heterocycles. The number of piperidine rings is 1.